The van der Waals surface area contributed by atoms with E-state index in [0.717, 1.165) is 18.4 Å². The van der Waals surface area contributed by atoms with Crippen molar-refractivity contribution in [2.75, 3.05) is 19.7 Å². The maximum absolute atomic E-state index is 12.4. The molecule has 9 atom stereocenters. The van der Waals surface area contributed by atoms with Crippen LogP contribution in [0.5, 0.6) is 0 Å². The van der Waals surface area contributed by atoms with Gasteiger partial charge < -0.3 is 40.0 Å². The van der Waals surface area contributed by atoms with E-state index in [-0.39, 0.29) is 42.2 Å². The standard InChI is InChI=1S/C31H49N3O8/c1-7-14-32-30(38)33-17-24-16-31(18-39-31)29(37)27(42-24)12-9-19(2)8-11-26-20(3)15-25(22(5)41-26)34-28(36)13-10-21(4)40-23(6)35/h8-10,12-13,20-22,24-27,29,37H,7,11,14-18H2,1-6H3,(H,34,36)(H2,32,33,38)/b12-9+,13-10?,19-8+/t20-,21?,22+,24-,25+,26-,27+,29+,31+/m0/s1. The number of urea groups is 1. The van der Waals surface area contributed by atoms with Crippen molar-refractivity contribution in [2.45, 2.75) is 115 Å². The summed E-state index contributed by atoms with van der Waals surface area (Å²) in [4.78, 5) is 35.4. The Morgan fingerprint density at radius 1 is 1.14 bits per heavy atom. The molecule has 3 heterocycles. The van der Waals surface area contributed by atoms with E-state index >= 15 is 0 Å². The number of carbonyl (C=O) groups excluding carboxylic acids is 3. The molecule has 0 bridgehead atoms. The fourth-order valence-electron chi connectivity index (χ4n) is 5.39. The minimum Gasteiger partial charge on any atom is -0.459 e. The first-order valence-electron chi connectivity index (χ1n) is 15.1. The number of hydrogen-bond donors (Lipinski definition) is 4. The number of nitrogens with one attached hydrogen (secondary N) is 3. The molecule has 0 saturated carbocycles. The van der Waals surface area contributed by atoms with Gasteiger partial charge in [0.15, 0.2) is 0 Å². The first-order valence-corrected chi connectivity index (χ1v) is 15.1. The number of esters is 1. The summed E-state index contributed by atoms with van der Waals surface area (Å²) in [7, 11) is 0. The van der Waals surface area contributed by atoms with Crippen LogP contribution in [0.4, 0.5) is 4.79 Å². The molecule has 0 aromatic rings. The highest BCUT2D eigenvalue weighted by Gasteiger charge is 2.58. The summed E-state index contributed by atoms with van der Waals surface area (Å²) in [5, 5.41) is 19.5. The third kappa shape index (κ3) is 10.2. The molecule has 3 amide bonds. The largest absolute Gasteiger partial charge is 0.459 e. The predicted octanol–water partition coefficient (Wildman–Crippen LogP) is 2.68. The van der Waals surface area contributed by atoms with Crippen molar-refractivity contribution in [2.24, 2.45) is 5.92 Å². The van der Waals surface area contributed by atoms with Gasteiger partial charge in [-0.25, -0.2) is 4.79 Å². The minimum atomic E-state index is -0.777. The second-order valence-electron chi connectivity index (χ2n) is 11.8. The molecule has 1 unspecified atom stereocenters. The van der Waals surface area contributed by atoms with E-state index < -0.39 is 29.9 Å². The Labute approximate surface area is 249 Å². The molecule has 11 heteroatoms. The maximum atomic E-state index is 12.4. The van der Waals surface area contributed by atoms with Crippen molar-refractivity contribution in [3.8, 4) is 0 Å². The van der Waals surface area contributed by atoms with Gasteiger partial charge in [-0.3, -0.25) is 9.59 Å². The Morgan fingerprint density at radius 3 is 2.55 bits per heavy atom. The first-order chi connectivity index (χ1) is 19.9. The predicted molar refractivity (Wildman–Crippen MR) is 158 cm³/mol. The third-order valence-electron chi connectivity index (χ3n) is 7.95. The lowest BCUT2D eigenvalue weighted by Crippen LogP contribution is -2.53. The molecule has 42 heavy (non-hydrogen) atoms. The average molecular weight is 592 g/mol. The van der Waals surface area contributed by atoms with Crippen molar-refractivity contribution in [1.29, 1.82) is 0 Å². The molecule has 3 aliphatic rings. The lowest BCUT2D eigenvalue weighted by molar-refractivity contribution is -0.143. The molecule has 1 spiro atoms. The van der Waals surface area contributed by atoms with E-state index in [1.807, 2.05) is 32.9 Å². The Hall–Kier alpha value is -2.73. The minimum absolute atomic E-state index is 0.00463. The summed E-state index contributed by atoms with van der Waals surface area (Å²) in [5.41, 5.74) is 0.405. The zero-order valence-corrected chi connectivity index (χ0v) is 25.8. The molecule has 3 rings (SSSR count). The van der Waals surface area contributed by atoms with Gasteiger partial charge in [0.25, 0.3) is 0 Å². The lowest BCUT2D eigenvalue weighted by Gasteiger charge is -2.39. The van der Waals surface area contributed by atoms with Crippen LogP contribution in [-0.4, -0.2) is 91.0 Å². The Morgan fingerprint density at radius 2 is 1.88 bits per heavy atom. The first kappa shape index (κ1) is 33.8. The quantitative estimate of drug-likeness (QED) is 0.117. The molecular weight excluding hydrogens is 542 g/mol. The fraction of sp³-hybridized carbons (Fsp3) is 0.710. The summed E-state index contributed by atoms with van der Waals surface area (Å²) in [6, 6.07) is -0.349. The van der Waals surface area contributed by atoms with Crippen LogP contribution in [0.2, 0.25) is 0 Å². The van der Waals surface area contributed by atoms with Gasteiger partial charge in [-0.1, -0.05) is 37.6 Å². The molecule has 236 valence electrons. The van der Waals surface area contributed by atoms with Crippen LogP contribution in [-0.2, 0) is 28.5 Å². The topological polar surface area (TPSA) is 148 Å². The van der Waals surface area contributed by atoms with Crippen LogP contribution in [0.15, 0.2) is 36.0 Å². The second-order valence-corrected chi connectivity index (χ2v) is 11.8. The molecule has 3 fully saturated rings. The molecule has 3 aliphatic heterocycles. The summed E-state index contributed by atoms with van der Waals surface area (Å²) in [5.74, 6) is -0.417. The van der Waals surface area contributed by atoms with E-state index in [0.29, 0.717) is 32.5 Å². The maximum Gasteiger partial charge on any atom is 0.314 e. The number of hydrogen-bond acceptors (Lipinski definition) is 8. The van der Waals surface area contributed by atoms with Crippen LogP contribution in [0, 0.1) is 5.92 Å². The summed E-state index contributed by atoms with van der Waals surface area (Å²) in [6.45, 7) is 12.5. The lowest BCUT2D eigenvalue weighted by atomic mass is 9.87. The van der Waals surface area contributed by atoms with E-state index in [2.05, 4.69) is 29.0 Å². The van der Waals surface area contributed by atoms with Gasteiger partial charge in [0.05, 0.1) is 31.0 Å². The summed E-state index contributed by atoms with van der Waals surface area (Å²) >= 11 is 0. The monoisotopic (exact) mass is 591 g/mol. The van der Waals surface area contributed by atoms with Crippen LogP contribution >= 0.6 is 0 Å². The molecule has 0 aromatic heterocycles. The van der Waals surface area contributed by atoms with Crippen LogP contribution < -0.4 is 16.0 Å². The molecule has 0 aromatic carbocycles. The molecule has 3 saturated heterocycles. The SMILES string of the molecule is CCCNC(=O)NC[C@@H]1C[C@@]2(CO2)[C@H](O)[C@@H](/C=C/C(C)=C/C[C@@H]2O[C@H](C)[C@H](NC(=O)C=CC(C)OC(C)=O)C[C@@H]2C)O1. The second kappa shape index (κ2) is 15.7. The zero-order chi connectivity index (χ0) is 30.9. The number of allylic oxidation sites excluding steroid dienone is 2. The highest BCUT2D eigenvalue weighted by atomic mass is 16.6. The number of ether oxygens (including phenoxy) is 4. The summed E-state index contributed by atoms with van der Waals surface area (Å²) < 4.78 is 23.0. The van der Waals surface area contributed by atoms with Gasteiger partial charge in [0.2, 0.25) is 5.91 Å². The molecule has 11 nitrogen and oxygen atoms in total. The Bertz CT molecular complexity index is 1020. The van der Waals surface area contributed by atoms with Crippen molar-refractivity contribution in [3.05, 3.63) is 36.0 Å². The number of aliphatic hydroxyl groups is 1. The highest BCUT2D eigenvalue weighted by Crippen LogP contribution is 2.42. The molecule has 4 N–H and O–H groups in total. The zero-order valence-electron chi connectivity index (χ0n) is 25.8. The average Bonchev–Trinajstić information content (AvgIpc) is 3.71. The number of carbonyl (C=O) groups is 3. The Balaban J connectivity index is 1.48. The van der Waals surface area contributed by atoms with E-state index in [9.17, 15) is 19.5 Å². The molecule has 0 aliphatic carbocycles. The van der Waals surface area contributed by atoms with Gasteiger partial charge in [-0.15, -0.1) is 0 Å². The Kier molecular flexibility index (Phi) is 12.6. The fourth-order valence-corrected chi connectivity index (χ4v) is 5.39. The third-order valence-corrected chi connectivity index (χ3v) is 7.95. The van der Waals surface area contributed by atoms with Crippen LogP contribution in [0.3, 0.4) is 0 Å². The van der Waals surface area contributed by atoms with Crippen LogP contribution in [0.25, 0.3) is 0 Å². The smallest absolute Gasteiger partial charge is 0.314 e. The number of aliphatic hydroxyl groups excluding tert-OH is 1. The summed E-state index contributed by atoms with van der Waals surface area (Å²) in [6.07, 6.45) is 9.52. The number of rotatable bonds is 12. The normalized spacial score (nSPS) is 33.9. The van der Waals surface area contributed by atoms with Gasteiger partial charge in [-0.05, 0) is 52.0 Å². The number of epoxide rings is 1. The molecule has 0 radical (unpaired) electrons. The van der Waals surface area contributed by atoms with Crippen molar-refractivity contribution in [1.82, 2.24) is 16.0 Å². The van der Waals surface area contributed by atoms with Gasteiger partial charge in [0, 0.05) is 32.5 Å². The van der Waals surface area contributed by atoms with Crippen molar-refractivity contribution < 1.29 is 38.4 Å². The van der Waals surface area contributed by atoms with Crippen molar-refractivity contribution in [3.63, 3.8) is 0 Å². The van der Waals surface area contributed by atoms with Crippen LogP contribution in [0.1, 0.15) is 67.2 Å². The van der Waals surface area contributed by atoms with Gasteiger partial charge in [-0.2, -0.15) is 0 Å². The van der Waals surface area contributed by atoms with Gasteiger partial charge >= 0.3 is 12.0 Å². The van der Waals surface area contributed by atoms with E-state index in [1.165, 1.54) is 13.0 Å². The molecular formula is C31H49N3O8. The van der Waals surface area contributed by atoms with Crippen molar-refractivity contribution >= 4 is 17.9 Å². The highest BCUT2D eigenvalue weighted by molar-refractivity contribution is 5.87. The van der Waals surface area contributed by atoms with Gasteiger partial charge in [0.1, 0.15) is 23.9 Å². The number of amides is 3. The van der Waals surface area contributed by atoms with E-state index in [4.69, 9.17) is 18.9 Å². The van der Waals surface area contributed by atoms with E-state index in [1.54, 1.807) is 13.0 Å².